The second-order valence-corrected chi connectivity index (χ2v) is 11.2. The first-order valence-corrected chi connectivity index (χ1v) is 15.1. The van der Waals surface area contributed by atoms with E-state index in [9.17, 15) is 14.7 Å². The highest BCUT2D eigenvalue weighted by atomic mass is 32.2. The molecular formula is C32H26N8O3S. The molecule has 0 unspecified atom stereocenters. The largest absolute Gasteiger partial charge is 0.507 e. The molecule has 4 heterocycles. The highest BCUT2D eigenvalue weighted by molar-refractivity contribution is 7.98. The van der Waals surface area contributed by atoms with Crippen LogP contribution in [0.15, 0.2) is 84.1 Å². The minimum Gasteiger partial charge on any atom is -0.507 e. The van der Waals surface area contributed by atoms with Gasteiger partial charge in [0.2, 0.25) is 0 Å². The minimum absolute atomic E-state index is 0.0701. The summed E-state index contributed by atoms with van der Waals surface area (Å²) in [6.07, 6.45) is 7.50. The fourth-order valence-electron chi connectivity index (χ4n) is 5.58. The summed E-state index contributed by atoms with van der Waals surface area (Å²) in [6, 6.07) is 19.6. The summed E-state index contributed by atoms with van der Waals surface area (Å²) in [5.74, 6) is 1.15. The van der Waals surface area contributed by atoms with Crippen LogP contribution in [0.25, 0.3) is 34.1 Å². The number of aromatic nitrogens is 6. The molecule has 0 saturated carbocycles. The Morgan fingerprint density at radius 2 is 2.00 bits per heavy atom. The number of benzene rings is 2. The Bertz CT molecular complexity index is 2090. The number of phenols is 1. The van der Waals surface area contributed by atoms with Crippen LogP contribution in [0.4, 0.5) is 5.82 Å². The van der Waals surface area contributed by atoms with Crippen molar-refractivity contribution in [3.63, 3.8) is 0 Å². The van der Waals surface area contributed by atoms with E-state index in [4.69, 9.17) is 15.7 Å². The average molecular weight is 603 g/mol. The Morgan fingerprint density at radius 3 is 2.80 bits per heavy atom. The van der Waals surface area contributed by atoms with E-state index in [-0.39, 0.29) is 23.3 Å². The number of nitrogens with two attached hydrogens (primary N) is 1. The Hall–Kier alpha value is -5.49. The molecule has 1 aliphatic carbocycles. The number of nitrogens with zero attached hydrogens (tertiary/aromatic N) is 6. The van der Waals surface area contributed by atoms with Gasteiger partial charge in [0.1, 0.15) is 22.1 Å². The van der Waals surface area contributed by atoms with Gasteiger partial charge < -0.3 is 16.2 Å². The molecule has 2 aromatic carbocycles. The van der Waals surface area contributed by atoms with Gasteiger partial charge in [0, 0.05) is 23.6 Å². The summed E-state index contributed by atoms with van der Waals surface area (Å²) in [5, 5.41) is 18.4. The van der Waals surface area contributed by atoms with Gasteiger partial charge in [-0.2, -0.15) is 5.10 Å². The standard InChI is InChI=1S/C32H26N8O3S/c1-44-28-12-14-39(38-28)27-11-9-25-31(37-27)40(30(35-25)23-3-2-13-34-29(23)33)21-6-7-22-18(16-21)4-8-24(22)36-32(43)19-5-10-26(42)20(15-19)17-41/h2-3,5-7,9-17,24,42H,4,8H2,1H3,(H2,33,34)(H,36,43)/t24-/m0/s1. The summed E-state index contributed by atoms with van der Waals surface area (Å²) in [7, 11) is 0. The molecule has 6 aromatic rings. The smallest absolute Gasteiger partial charge is 0.251 e. The van der Waals surface area contributed by atoms with Crippen LogP contribution in [0.2, 0.25) is 0 Å². The molecule has 11 nitrogen and oxygen atoms in total. The molecule has 0 spiro atoms. The number of hydrogen-bond acceptors (Lipinski definition) is 9. The van der Waals surface area contributed by atoms with E-state index in [0.29, 0.717) is 46.0 Å². The fraction of sp³-hybridized carbons (Fsp3) is 0.125. The first kappa shape index (κ1) is 27.3. The van der Waals surface area contributed by atoms with Crippen LogP contribution in [-0.2, 0) is 6.42 Å². The Kier molecular flexibility index (Phi) is 6.82. The molecule has 4 N–H and O–H groups in total. The maximum atomic E-state index is 13.0. The van der Waals surface area contributed by atoms with E-state index in [1.807, 2.05) is 59.5 Å². The second-order valence-electron chi connectivity index (χ2n) is 10.4. The molecule has 0 bridgehead atoms. The predicted octanol–water partition coefficient (Wildman–Crippen LogP) is 4.91. The molecule has 1 atom stereocenters. The van der Waals surface area contributed by atoms with Crippen molar-refractivity contribution < 1.29 is 14.7 Å². The second kappa shape index (κ2) is 11.0. The van der Waals surface area contributed by atoms with Gasteiger partial charge in [-0.05, 0) is 90.9 Å². The van der Waals surface area contributed by atoms with Crippen molar-refractivity contribution in [2.45, 2.75) is 23.9 Å². The lowest BCUT2D eigenvalue weighted by Gasteiger charge is -2.16. The first-order valence-electron chi connectivity index (χ1n) is 13.9. The maximum Gasteiger partial charge on any atom is 0.251 e. The number of carbonyl (C=O) groups is 2. The zero-order valence-corrected chi connectivity index (χ0v) is 24.3. The van der Waals surface area contributed by atoms with Crippen LogP contribution >= 0.6 is 11.8 Å². The van der Waals surface area contributed by atoms with Gasteiger partial charge in [-0.3, -0.25) is 14.2 Å². The number of pyridine rings is 2. The fourth-order valence-corrected chi connectivity index (χ4v) is 5.94. The highest BCUT2D eigenvalue weighted by Gasteiger charge is 2.26. The molecule has 4 aromatic heterocycles. The number of anilines is 1. The van der Waals surface area contributed by atoms with Gasteiger partial charge in [0.25, 0.3) is 5.91 Å². The molecule has 1 aliphatic rings. The zero-order valence-electron chi connectivity index (χ0n) is 23.5. The van der Waals surface area contributed by atoms with Crippen LogP contribution < -0.4 is 11.1 Å². The molecule has 218 valence electrons. The number of aldehydes is 1. The number of aromatic hydroxyl groups is 1. The van der Waals surface area contributed by atoms with Crippen molar-refractivity contribution in [2.75, 3.05) is 12.0 Å². The van der Waals surface area contributed by atoms with Crippen LogP contribution in [0.3, 0.4) is 0 Å². The molecule has 0 fully saturated rings. The lowest BCUT2D eigenvalue weighted by molar-refractivity contribution is 0.0936. The van der Waals surface area contributed by atoms with Gasteiger partial charge in [0.15, 0.2) is 23.6 Å². The van der Waals surface area contributed by atoms with Crippen molar-refractivity contribution in [2.24, 2.45) is 0 Å². The topological polar surface area (TPSA) is 154 Å². The van der Waals surface area contributed by atoms with E-state index < -0.39 is 0 Å². The van der Waals surface area contributed by atoms with E-state index in [1.165, 1.54) is 18.2 Å². The number of nitrogens with one attached hydrogen (secondary N) is 1. The van der Waals surface area contributed by atoms with Crippen molar-refractivity contribution >= 4 is 40.9 Å². The monoisotopic (exact) mass is 602 g/mol. The van der Waals surface area contributed by atoms with E-state index in [2.05, 4.69) is 21.5 Å². The third-order valence-corrected chi connectivity index (χ3v) is 8.40. The quantitative estimate of drug-likeness (QED) is 0.171. The van der Waals surface area contributed by atoms with Gasteiger partial charge in [-0.25, -0.2) is 19.6 Å². The summed E-state index contributed by atoms with van der Waals surface area (Å²) < 4.78 is 3.72. The summed E-state index contributed by atoms with van der Waals surface area (Å²) in [4.78, 5) is 38.5. The zero-order chi connectivity index (χ0) is 30.4. The number of amides is 1. The number of hydrogen-bond donors (Lipinski definition) is 3. The van der Waals surface area contributed by atoms with Gasteiger partial charge in [-0.1, -0.05) is 6.07 Å². The van der Waals surface area contributed by atoms with Crippen molar-refractivity contribution in [3.05, 3.63) is 101 Å². The van der Waals surface area contributed by atoms with Crippen LogP contribution in [0, 0.1) is 0 Å². The normalized spacial score (nSPS) is 14.1. The number of aryl methyl sites for hydroxylation is 1. The lowest BCUT2D eigenvalue weighted by atomic mass is 10.1. The summed E-state index contributed by atoms with van der Waals surface area (Å²) >= 11 is 1.56. The van der Waals surface area contributed by atoms with E-state index in [0.717, 1.165) is 34.7 Å². The Balaban J connectivity index is 1.29. The predicted molar refractivity (Wildman–Crippen MR) is 167 cm³/mol. The van der Waals surface area contributed by atoms with E-state index in [1.54, 1.807) is 22.6 Å². The Labute approximate surface area is 255 Å². The number of thioether (sulfide) groups is 1. The molecule has 0 radical (unpaired) electrons. The van der Waals surface area contributed by atoms with Crippen LogP contribution in [0.5, 0.6) is 5.75 Å². The number of fused-ring (bicyclic) bond motifs is 2. The molecule has 0 saturated heterocycles. The average Bonchev–Trinajstić information content (AvgIpc) is 3.78. The number of phenolic OH excluding ortho intramolecular Hbond substituents is 1. The lowest BCUT2D eigenvalue weighted by Crippen LogP contribution is -2.27. The third kappa shape index (κ3) is 4.74. The molecule has 7 rings (SSSR count). The van der Waals surface area contributed by atoms with Crippen molar-refractivity contribution in [1.82, 2.24) is 34.6 Å². The summed E-state index contributed by atoms with van der Waals surface area (Å²) in [6.45, 7) is 0. The third-order valence-electron chi connectivity index (χ3n) is 7.76. The molecular weight excluding hydrogens is 576 g/mol. The first-order chi connectivity index (χ1) is 21.4. The van der Waals surface area contributed by atoms with E-state index >= 15 is 0 Å². The number of rotatable bonds is 7. The van der Waals surface area contributed by atoms with Gasteiger partial charge in [0.05, 0.1) is 17.2 Å². The molecule has 1 amide bonds. The maximum absolute atomic E-state index is 13.0. The number of imidazole rings is 1. The molecule has 12 heteroatoms. The molecule has 44 heavy (non-hydrogen) atoms. The van der Waals surface area contributed by atoms with Crippen molar-refractivity contribution in [3.8, 4) is 28.6 Å². The van der Waals surface area contributed by atoms with Gasteiger partial charge in [-0.15, -0.1) is 11.8 Å². The SMILES string of the molecule is CSc1ccn(-c2ccc3nc(-c4cccnc4N)n(-c4ccc5c(c4)CC[C@@H]5NC(=O)c4ccc(O)c(C=O)c4)c3n2)n1. The van der Waals surface area contributed by atoms with Crippen LogP contribution in [0.1, 0.15) is 44.3 Å². The number of carbonyl (C=O) groups excluding carboxylic acids is 2. The minimum atomic E-state index is -0.315. The van der Waals surface area contributed by atoms with Crippen LogP contribution in [-0.4, -0.2) is 52.9 Å². The number of nitrogen functional groups attached to an aromatic ring is 1. The molecule has 0 aliphatic heterocycles. The Morgan fingerprint density at radius 1 is 1.11 bits per heavy atom. The highest BCUT2D eigenvalue weighted by Crippen LogP contribution is 2.36. The van der Waals surface area contributed by atoms with Crippen molar-refractivity contribution in [1.29, 1.82) is 0 Å². The van der Waals surface area contributed by atoms with Gasteiger partial charge >= 0.3 is 0 Å². The summed E-state index contributed by atoms with van der Waals surface area (Å²) in [5.41, 5.74) is 11.7.